The SMILES string of the molecule is Nc1ccccc1NC(=O)CCCC(=O)NCc1cccc(-c2ccc(C3OC(CSc4ncccn4)CC(c4ccc(CO)cc4)O3)cc2)c1. The lowest BCUT2D eigenvalue weighted by Crippen LogP contribution is -2.31. The molecular weight excluding hydrogens is 663 g/mol. The van der Waals surface area contributed by atoms with Crippen molar-refractivity contribution < 1.29 is 24.2 Å². The Morgan fingerprint density at radius 2 is 1.55 bits per heavy atom. The van der Waals surface area contributed by atoms with Gasteiger partial charge < -0.3 is 30.9 Å². The highest BCUT2D eigenvalue weighted by molar-refractivity contribution is 7.99. The highest BCUT2D eigenvalue weighted by atomic mass is 32.2. The molecule has 1 saturated heterocycles. The number of nitrogens with two attached hydrogens (primary N) is 1. The number of carbonyl (C=O) groups excluding carboxylic acids is 2. The molecule has 2 heterocycles. The number of nitrogen functional groups attached to an aromatic ring is 1. The van der Waals surface area contributed by atoms with Crippen LogP contribution in [0.4, 0.5) is 11.4 Å². The lowest BCUT2D eigenvalue weighted by molar-refractivity contribution is -0.245. The first-order valence-electron chi connectivity index (χ1n) is 16.9. The number of para-hydroxylation sites is 2. The first kappa shape index (κ1) is 35.7. The van der Waals surface area contributed by atoms with Gasteiger partial charge in [0.1, 0.15) is 0 Å². The zero-order valence-electron chi connectivity index (χ0n) is 28.1. The van der Waals surface area contributed by atoms with E-state index in [2.05, 4.69) is 38.8 Å². The quantitative estimate of drug-likeness (QED) is 0.0546. The minimum Gasteiger partial charge on any atom is -0.397 e. The molecule has 3 unspecified atom stereocenters. The van der Waals surface area contributed by atoms with Crippen molar-refractivity contribution >= 4 is 35.0 Å². The van der Waals surface area contributed by atoms with Crippen LogP contribution in [-0.2, 0) is 32.2 Å². The molecule has 6 rings (SSSR count). The molecule has 11 heteroatoms. The summed E-state index contributed by atoms with van der Waals surface area (Å²) in [5.74, 6) is 0.390. The second-order valence-corrected chi connectivity index (χ2v) is 13.3. The van der Waals surface area contributed by atoms with Crippen LogP contribution < -0.4 is 16.4 Å². The number of amides is 2. The molecule has 0 radical (unpaired) electrons. The van der Waals surface area contributed by atoms with Crippen molar-refractivity contribution in [1.82, 2.24) is 15.3 Å². The van der Waals surface area contributed by atoms with Gasteiger partial charge in [-0.1, -0.05) is 90.6 Å². The van der Waals surface area contributed by atoms with Crippen LogP contribution in [0.5, 0.6) is 0 Å². The molecule has 1 fully saturated rings. The molecule has 0 spiro atoms. The number of rotatable bonds is 14. The average molecular weight is 704 g/mol. The number of nitrogens with zero attached hydrogens (tertiary/aromatic N) is 2. The van der Waals surface area contributed by atoms with Crippen LogP contribution in [0.2, 0.25) is 0 Å². The predicted molar refractivity (Wildman–Crippen MR) is 198 cm³/mol. The summed E-state index contributed by atoms with van der Waals surface area (Å²) >= 11 is 1.56. The maximum absolute atomic E-state index is 12.5. The Morgan fingerprint density at radius 1 is 0.804 bits per heavy atom. The smallest absolute Gasteiger partial charge is 0.224 e. The maximum Gasteiger partial charge on any atom is 0.224 e. The van der Waals surface area contributed by atoms with Crippen LogP contribution in [0.3, 0.4) is 0 Å². The summed E-state index contributed by atoms with van der Waals surface area (Å²) in [5.41, 5.74) is 12.8. The monoisotopic (exact) mass is 703 g/mol. The number of anilines is 2. The van der Waals surface area contributed by atoms with E-state index in [0.29, 0.717) is 41.7 Å². The summed E-state index contributed by atoms with van der Waals surface area (Å²) in [6.07, 6.45) is 4.20. The molecule has 1 aliphatic heterocycles. The Hall–Kier alpha value is -5.07. The fraction of sp³-hybridized carbons (Fsp3) is 0.250. The van der Waals surface area contributed by atoms with Gasteiger partial charge in [0, 0.05) is 49.5 Å². The average Bonchev–Trinajstić information content (AvgIpc) is 3.17. The van der Waals surface area contributed by atoms with Gasteiger partial charge in [0.2, 0.25) is 11.8 Å². The molecule has 2 amide bonds. The minimum atomic E-state index is -0.568. The van der Waals surface area contributed by atoms with Gasteiger partial charge in [-0.15, -0.1) is 0 Å². The third-order valence-electron chi connectivity index (χ3n) is 8.53. The largest absolute Gasteiger partial charge is 0.397 e. The van der Waals surface area contributed by atoms with Crippen molar-refractivity contribution in [2.45, 2.75) is 62.5 Å². The fourth-order valence-electron chi connectivity index (χ4n) is 5.77. The Morgan fingerprint density at radius 3 is 2.31 bits per heavy atom. The van der Waals surface area contributed by atoms with Crippen molar-refractivity contribution in [3.63, 3.8) is 0 Å². The molecule has 1 aliphatic rings. The Bertz CT molecular complexity index is 1890. The van der Waals surface area contributed by atoms with E-state index >= 15 is 0 Å². The number of hydrogen-bond acceptors (Lipinski definition) is 9. The van der Waals surface area contributed by atoms with Crippen LogP contribution in [0.25, 0.3) is 11.1 Å². The van der Waals surface area contributed by atoms with Gasteiger partial charge in [0.15, 0.2) is 11.4 Å². The second-order valence-electron chi connectivity index (χ2n) is 12.3. The Labute approximate surface area is 301 Å². The topological polar surface area (TPSA) is 149 Å². The van der Waals surface area contributed by atoms with Crippen LogP contribution in [0.1, 0.15) is 60.3 Å². The number of aromatic nitrogens is 2. The third kappa shape index (κ3) is 10.2. The number of benzene rings is 4. The molecule has 0 saturated carbocycles. The summed E-state index contributed by atoms with van der Waals surface area (Å²) in [6.45, 7) is 0.376. The molecule has 1 aromatic heterocycles. The van der Waals surface area contributed by atoms with E-state index in [4.69, 9.17) is 15.2 Å². The first-order valence-corrected chi connectivity index (χ1v) is 17.9. The summed E-state index contributed by atoms with van der Waals surface area (Å²) in [7, 11) is 0. The molecular formula is C40H41N5O5S. The Balaban J connectivity index is 1.04. The maximum atomic E-state index is 12.5. The van der Waals surface area contributed by atoms with Crippen LogP contribution in [0.15, 0.2) is 121 Å². The summed E-state index contributed by atoms with van der Waals surface area (Å²) < 4.78 is 13.0. The van der Waals surface area contributed by atoms with Gasteiger partial charge in [-0.2, -0.15) is 0 Å². The van der Waals surface area contributed by atoms with E-state index in [1.165, 1.54) is 0 Å². The van der Waals surface area contributed by atoms with Crippen molar-refractivity contribution in [2.24, 2.45) is 0 Å². The van der Waals surface area contributed by atoms with E-state index in [0.717, 1.165) is 33.4 Å². The van der Waals surface area contributed by atoms with E-state index in [9.17, 15) is 14.7 Å². The van der Waals surface area contributed by atoms with Crippen LogP contribution in [-0.4, -0.2) is 38.7 Å². The lowest BCUT2D eigenvalue weighted by atomic mass is 9.99. The number of nitrogens with one attached hydrogen (secondary N) is 2. The number of ether oxygens (including phenoxy) is 2. The molecule has 10 nitrogen and oxygen atoms in total. The van der Waals surface area contributed by atoms with Crippen LogP contribution in [0, 0.1) is 0 Å². The van der Waals surface area contributed by atoms with E-state index in [-0.39, 0.29) is 43.5 Å². The van der Waals surface area contributed by atoms with Gasteiger partial charge in [-0.3, -0.25) is 9.59 Å². The summed E-state index contributed by atoms with van der Waals surface area (Å²) in [5, 5.41) is 16.0. The van der Waals surface area contributed by atoms with Gasteiger partial charge in [-0.25, -0.2) is 9.97 Å². The number of aliphatic hydroxyl groups is 1. The minimum absolute atomic E-state index is 0.00817. The lowest BCUT2D eigenvalue weighted by Gasteiger charge is -2.36. The molecule has 5 N–H and O–H groups in total. The second kappa shape index (κ2) is 17.7. The third-order valence-corrected chi connectivity index (χ3v) is 9.54. The molecule has 4 aromatic carbocycles. The molecule has 51 heavy (non-hydrogen) atoms. The van der Waals surface area contributed by atoms with E-state index in [1.54, 1.807) is 54.5 Å². The molecule has 0 aliphatic carbocycles. The van der Waals surface area contributed by atoms with Crippen molar-refractivity contribution in [3.8, 4) is 11.1 Å². The van der Waals surface area contributed by atoms with Gasteiger partial charge in [0.05, 0.1) is 30.2 Å². The van der Waals surface area contributed by atoms with Gasteiger partial charge in [0.25, 0.3) is 0 Å². The standard InChI is InChI=1S/C40H41N5O5S/c41-34-8-1-2-9-35(34)45-38(48)11-4-10-37(47)44-24-28-6-3-7-32(22-28)29-16-18-31(19-17-29)39-49-33(26-51-40-42-20-5-21-43-40)23-36(50-39)30-14-12-27(25-46)13-15-30/h1-3,5-9,12-22,33,36,39,46H,4,10-11,23-26,41H2,(H,44,47)(H,45,48). The summed E-state index contributed by atoms with van der Waals surface area (Å²) in [4.78, 5) is 33.5. The van der Waals surface area contributed by atoms with Gasteiger partial charge >= 0.3 is 0 Å². The number of aliphatic hydroxyl groups excluding tert-OH is 1. The predicted octanol–water partition coefficient (Wildman–Crippen LogP) is 6.98. The van der Waals surface area contributed by atoms with Crippen LogP contribution >= 0.6 is 11.8 Å². The van der Waals surface area contributed by atoms with Crippen molar-refractivity contribution in [2.75, 3.05) is 16.8 Å². The summed E-state index contributed by atoms with van der Waals surface area (Å²) in [6, 6.07) is 32.9. The van der Waals surface area contributed by atoms with Crippen molar-refractivity contribution in [1.29, 1.82) is 0 Å². The number of thioether (sulfide) groups is 1. The van der Waals surface area contributed by atoms with E-state index < -0.39 is 6.29 Å². The molecule has 5 aromatic rings. The van der Waals surface area contributed by atoms with Gasteiger partial charge in [-0.05, 0) is 58.5 Å². The fourth-order valence-corrected chi connectivity index (χ4v) is 6.59. The first-order chi connectivity index (χ1) is 24.9. The zero-order valence-corrected chi connectivity index (χ0v) is 28.9. The Kier molecular flexibility index (Phi) is 12.4. The van der Waals surface area contributed by atoms with Crippen molar-refractivity contribution in [3.05, 3.63) is 138 Å². The number of carbonyl (C=O) groups is 2. The highest BCUT2D eigenvalue weighted by Gasteiger charge is 2.32. The molecule has 3 atom stereocenters. The zero-order chi connectivity index (χ0) is 35.4. The molecule has 262 valence electrons. The molecule has 0 bridgehead atoms. The normalized spacial score (nSPS) is 17.1. The highest BCUT2D eigenvalue weighted by Crippen LogP contribution is 2.39. The van der Waals surface area contributed by atoms with E-state index in [1.807, 2.05) is 54.6 Å². The number of hydrogen-bond donors (Lipinski definition) is 4.